The molecule has 1 rings (SSSR count). The van der Waals surface area contributed by atoms with Crippen LogP contribution < -0.4 is 0 Å². The van der Waals surface area contributed by atoms with Gasteiger partial charge in [0.15, 0.2) is 0 Å². The first-order chi connectivity index (χ1) is 7.52. The van der Waals surface area contributed by atoms with Gasteiger partial charge in [0.05, 0.1) is 11.6 Å². The maximum absolute atomic E-state index is 8.78. The lowest BCUT2D eigenvalue weighted by molar-refractivity contribution is 1.15. The smallest absolute Gasteiger partial charge is 0.0991 e. The van der Waals surface area contributed by atoms with Gasteiger partial charge >= 0.3 is 0 Å². The zero-order valence-corrected chi connectivity index (χ0v) is 10.2. The standard InChI is InChI=1S/C15H17N/c1-11(2)7-12(3)8-15-6-5-14(10-16)9-13(15)4/h5-7,9H,3,8H2,1-2,4H3. The molecule has 0 saturated carbocycles. The second-order valence-electron chi connectivity index (χ2n) is 4.31. The third-order valence-corrected chi connectivity index (χ3v) is 2.38. The van der Waals surface area contributed by atoms with Gasteiger partial charge in [-0.1, -0.05) is 29.9 Å². The Morgan fingerprint density at radius 1 is 1.44 bits per heavy atom. The van der Waals surface area contributed by atoms with Crippen LogP contribution in [0.2, 0.25) is 0 Å². The number of rotatable bonds is 3. The highest BCUT2D eigenvalue weighted by Gasteiger charge is 2.01. The predicted molar refractivity (Wildman–Crippen MR) is 68.2 cm³/mol. The number of allylic oxidation sites excluding steroid dienone is 3. The van der Waals surface area contributed by atoms with Crippen LogP contribution in [0.4, 0.5) is 0 Å². The molecule has 16 heavy (non-hydrogen) atoms. The summed E-state index contributed by atoms with van der Waals surface area (Å²) in [4.78, 5) is 0. The first kappa shape index (κ1) is 12.3. The Kier molecular flexibility index (Phi) is 4.08. The summed E-state index contributed by atoms with van der Waals surface area (Å²) in [7, 11) is 0. The van der Waals surface area contributed by atoms with Gasteiger partial charge in [-0.25, -0.2) is 0 Å². The van der Waals surface area contributed by atoms with Crippen LogP contribution in [-0.4, -0.2) is 0 Å². The van der Waals surface area contributed by atoms with E-state index in [1.165, 1.54) is 11.1 Å². The van der Waals surface area contributed by atoms with Gasteiger partial charge in [0.2, 0.25) is 0 Å². The minimum Gasteiger partial charge on any atom is -0.192 e. The Balaban J connectivity index is 2.87. The third kappa shape index (κ3) is 3.40. The van der Waals surface area contributed by atoms with Crippen LogP contribution in [0.1, 0.15) is 30.5 Å². The Bertz CT molecular complexity index is 469. The van der Waals surface area contributed by atoms with Crippen LogP contribution in [0.3, 0.4) is 0 Å². The summed E-state index contributed by atoms with van der Waals surface area (Å²) >= 11 is 0. The average Bonchev–Trinajstić information content (AvgIpc) is 2.19. The molecule has 1 aromatic rings. The quantitative estimate of drug-likeness (QED) is 0.695. The van der Waals surface area contributed by atoms with Crippen molar-refractivity contribution in [1.29, 1.82) is 5.26 Å². The molecular weight excluding hydrogens is 194 g/mol. The SMILES string of the molecule is C=C(C=C(C)C)Cc1ccc(C#N)cc1C. The van der Waals surface area contributed by atoms with E-state index in [9.17, 15) is 0 Å². The molecule has 0 heterocycles. The van der Waals surface area contributed by atoms with Crippen LogP contribution in [0, 0.1) is 18.3 Å². The molecule has 1 aromatic carbocycles. The first-order valence-electron chi connectivity index (χ1n) is 5.35. The molecular formula is C15H17N. The number of benzene rings is 1. The molecule has 0 saturated heterocycles. The van der Waals surface area contributed by atoms with Crippen LogP contribution in [0.25, 0.3) is 0 Å². The minimum atomic E-state index is 0.717. The molecule has 1 heteroatoms. The number of nitriles is 1. The van der Waals surface area contributed by atoms with Gasteiger partial charge < -0.3 is 0 Å². The summed E-state index contributed by atoms with van der Waals surface area (Å²) in [6, 6.07) is 7.94. The number of hydrogen-bond donors (Lipinski definition) is 0. The van der Waals surface area contributed by atoms with Crippen molar-refractivity contribution >= 4 is 0 Å². The fourth-order valence-electron chi connectivity index (χ4n) is 1.67. The number of hydrogen-bond acceptors (Lipinski definition) is 1. The fourth-order valence-corrected chi connectivity index (χ4v) is 1.67. The summed E-state index contributed by atoms with van der Waals surface area (Å²) in [6.07, 6.45) is 2.94. The summed E-state index contributed by atoms with van der Waals surface area (Å²) in [5.41, 5.74) is 5.47. The maximum Gasteiger partial charge on any atom is 0.0991 e. The molecule has 0 fully saturated rings. The molecule has 0 aliphatic rings. The van der Waals surface area contributed by atoms with E-state index < -0.39 is 0 Å². The third-order valence-electron chi connectivity index (χ3n) is 2.38. The Hall–Kier alpha value is -1.81. The molecule has 0 N–H and O–H groups in total. The van der Waals surface area contributed by atoms with Crippen molar-refractivity contribution in [2.45, 2.75) is 27.2 Å². The summed E-state index contributed by atoms with van der Waals surface area (Å²) in [6.45, 7) is 10.2. The van der Waals surface area contributed by atoms with E-state index in [0.717, 1.165) is 17.6 Å². The van der Waals surface area contributed by atoms with E-state index in [-0.39, 0.29) is 0 Å². The summed E-state index contributed by atoms with van der Waals surface area (Å²) in [5, 5.41) is 8.78. The van der Waals surface area contributed by atoms with E-state index in [0.29, 0.717) is 5.56 Å². The van der Waals surface area contributed by atoms with Crippen molar-refractivity contribution < 1.29 is 0 Å². The van der Waals surface area contributed by atoms with Crippen molar-refractivity contribution in [2.75, 3.05) is 0 Å². The molecule has 0 bridgehead atoms. The molecule has 0 unspecified atom stereocenters. The lowest BCUT2D eigenvalue weighted by atomic mass is 9.99. The zero-order valence-electron chi connectivity index (χ0n) is 10.2. The van der Waals surface area contributed by atoms with Gasteiger partial charge in [-0.15, -0.1) is 0 Å². The zero-order chi connectivity index (χ0) is 12.1. The number of aryl methyl sites for hydroxylation is 1. The highest BCUT2D eigenvalue weighted by atomic mass is 14.2. The van der Waals surface area contributed by atoms with E-state index >= 15 is 0 Å². The minimum absolute atomic E-state index is 0.717. The van der Waals surface area contributed by atoms with E-state index in [1.54, 1.807) is 0 Å². The van der Waals surface area contributed by atoms with Gasteiger partial charge in [-0.3, -0.25) is 0 Å². The monoisotopic (exact) mass is 211 g/mol. The van der Waals surface area contributed by atoms with Gasteiger partial charge in [-0.05, 0) is 50.5 Å². The molecule has 0 aromatic heterocycles. The normalized spacial score (nSPS) is 9.38. The first-order valence-corrected chi connectivity index (χ1v) is 5.35. The molecule has 82 valence electrons. The largest absolute Gasteiger partial charge is 0.192 e. The Labute approximate surface area is 97.7 Å². The van der Waals surface area contributed by atoms with Gasteiger partial charge in [-0.2, -0.15) is 5.26 Å². The molecule has 1 nitrogen and oxygen atoms in total. The van der Waals surface area contributed by atoms with E-state index in [4.69, 9.17) is 5.26 Å². The molecule has 0 radical (unpaired) electrons. The Morgan fingerprint density at radius 2 is 2.12 bits per heavy atom. The molecule has 0 atom stereocenters. The molecule has 0 aliphatic carbocycles. The summed E-state index contributed by atoms with van der Waals surface area (Å²) in [5.74, 6) is 0. The lowest BCUT2D eigenvalue weighted by Gasteiger charge is -2.06. The van der Waals surface area contributed by atoms with Crippen molar-refractivity contribution in [3.05, 3.63) is 58.7 Å². The van der Waals surface area contributed by atoms with Crippen LogP contribution in [0.15, 0.2) is 42.0 Å². The van der Waals surface area contributed by atoms with Crippen molar-refractivity contribution in [2.24, 2.45) is 0 Å². The van der Waals surface area contributed by atoms with Crippen LogP contribution in [0.5, 0.6) is 0 Å². The van der Waals surface area contributed by atoms with Crippen molar-refractivity contribution in [3.8, 4) is 6.07 Å². The highest BCUT2D eigenvalue weighted by molar-refractivity contribution is 5.40. The van der Waals surface area contributed by atoms with E-state index in [2.05, 4.69) is 32.6 Å². The lowest BCUT2D eigenvalue weighted by Crippen LogP contribution is -1.92. The van der Waals surface area contributed by atoms with Crippen molar-refractivity contribution in [1.82, 2.24) is 0 Å². The molecule has 0 spiro atoms. The highest BCUT2D eigenvalue weighted by Crippen LogP contribution is 2.15. The number of nitrogens with zero attached hydrogens (tertiary/aromatic N) is 1. The topological polar surface area (TPSA) is 23.8 Å². The van der Waals surface area contributed by atoms with Gasteiger partial charge in [0.1, 0.15) is 0 Å². The molecule has 0 aliphatic heterocycles. The van der Waals surface area contributed by atoms with E-state index in [1.807, 2.05) is 25.1 Å². The summed E-state index contributed by atoms with van der Waals surface area (Å²) < 4.78 is 0. The molecule has 0 amide bonds. The van der Waals surface area contributed by atoms with Crippen LogP contribution >= 0.6 is 0 Å². The second-order valence-corrected chi connectivity index (χ2v) is 4.31. The maximum atomic E-state index is 8.78. The fraction of sp³-hybridized carbons (Fsp3) is 0.267. The van der Waals surface area contributed by atoms with Gasteiger partial charge in [0.25, 0.3) is 0 Å². The Morgan fingerprint density at radius 3 is 2.62 bits per heavy atom. The van der Waals surface area contributed by atoms with Gasteiger partial charge in [0, 0.05) is 0 Å². The predicted octanol–water partition coefficient (Wildman–Crippen LogP) is 3.93. The van der Waals surface area contributed by atoms with Crippen molar-refractivity contribution in [3.63, 3.8) is 0 Å². The second kappa shape index (κ2) is 5.32. The average molecular weight is 211 g/mol. The van der Waals surface area contributed by atoms with Crippen LogP contribution in [-0.2, 0) is 6.42 Å².